The van der Waals surface area contributed by atoms with Crippen LogP contribution < -0.4 is 4.90 Å². The van der Waals surface area contributed by atoms with Crippen molar-refractivity contribution in [3.05, 3.63) is 26.7 Å². The Balaban J connectivity index is 1.90. The molecule has 1 unspecified atom stereocenters. The molecule has 1 aromatic heterocycles. The number of amides is 1. The summed E-state index contributed by atoms with van der Waals surface area (Å²) in [4.78, 5) is 24.2. The minimum Gasteiger partial charge on any atom is -0.444 e. The highest BCUT2D eigenvalue weighted by Crippen LogP contribution is 2.36. The molecule has 1 saturated heterocycles. The summed E-state index contributed by atoms with van der Waals surface area (Å²) in [5, 5.41) is 0.602. The molecule has 1 aliphatic rings. The van der Waals surface area contributed by atoms with Gasteiger partial charge in [-0.2, -0.15) is 4.98 Å². The SMILES string of the molecule is CN(c1nc(Cl)nc2c(F)c(Br)c(Cl)cc12)C1CCN(C(=O)OC(C)(C)C)C1. The fourth-order valence-electron chi connectivity index (χ4n) is 3.12. The van der Waals surface area contributed by atoms with Crippen molar-refractivity contribution in [1.29, 1.82) is 0 Å². The third-order valence-corrected chi connectivity index (χ3v) is 5.95. The van der Waals surface area contributed by atoms with E-state index in [1.807, 2.05) is 32.7 Å². The van der Waals surface area contributed by atoms with Gasteiger partial charge < -0.3 is 14.5 Å². The van der Waals surface area contributed by atoms with E-state index in [-0.39, 0.29) is 32.4 Å². The molecule has 0 aliphatic carbocycles. The average molecular weight is 494 g/mol. The molecule has 0 bridgehead atoms. The molecule has 6 nitrogen and oxygen atoms in total. The zero-order valence-corrected chi connectivity index (χ0v) is 19.0. The van der Waals surface area contributed by atoms with Gasteiger partial charge in [0.15, 0.2) is 5.82 Å². The van der Waals surface area contributed by atoms with Crippen LogP contribution in [-0.4, -0.2) is 52.7 Å². The monoisotopic (exact) mass is 492 g/mol. The van der Waals surface area contributed by atoms with E-state index in [1.165, 1.54) is 0 Å². The topological polar surface area (TPSA) is 58.6 Å². The molecule has 10 heteroatoms. The van der Waals surface area contributed by atoms with Crippen molar-refractivity contribution >= 4 is 61.9 Å². The molecule has 1 aromatic carbocycles. The standard InChI is InChI=1S/C18H20BrCl2FN4O2/c1-18(2,3)28-17(27)26-6-5-9(8-26)25(4)15-10-7-11(20)12(19)13(22)14(10)23-16(21)24-15/h7,9H,5-6,8H2,1-4H3. The summed E-state index contributed by atoms with van der Waals surface area (Å²) in [5.41, 5.74) is -0.473. The summed E-state index contributed by atoms with van der Waals surface area (Å²) in [5.74, 6) is -0.136. The number of benzene rings is 1. The summed E-state index contributed by atoms with van der Waals surface area (Å²) in [7, 11) is 1.83. The number of ether oxygens (including phenoxy) is 1. The van der Waals surface area contributed by atoms with Crippen molar-refractivity contribution in [1.82, 2.24) is 14.9 Å². The van der Waals surface area contributed by atoms with Crippen LogP contribution in [0.3, 0.4) is 0 Å². The van der Waals surface area contributed by atoms with Crippen LogP contribution >= 0.6 is 39.1 Å². The van der Waals surface area contributed by atoms with Crippen LogP contribution in [0.15, 0.2) is 10.5 Å². The van der Waals surface area contributed by atoms with Crippen LogP contribution in [0.4, 0.5) is 15.0 Å². The molecule has 152 valence electrons. The number of nitrogens with zero attached hydrogens (tertiary/aromatic N) is 4. The van der Waals surface area contributed by atoms with E-state index in [2.05, 4.69) is 25.9 Å². The Labute approximate surface area is 181 Å². The van der Waals surface area contributed by atoms with Crippen LogP contribution in [0.2, 0.25) is 10.3 Å². The number of carbonyl (C=O) groups excluding carboxylic acids is 1. The van der Waals surface area contributed by atoms with Crippen molar-refractivity contribution in [2.75, 3.05) is 25.0 Å². The van der Waals surface area contributed by atoms with Gasteiger partial charge in [0.2, 0.25) is 5.28 Å². The number of likely N-dealkylation sites (N-methyl/N-ethyl adjacent to an activating group) is 1. The van der Waals surface area contributed by atoms with E-state index in [9.17, 15) is 9.18 Å². The molecular weight excluding hydrogens is 474 g/mol. The van der Waals surface area contributed by atoms with Crippen LogP contribution in [0.5, 0.6) is 0 Å². The van der Waals surface area contributed by atoms with E-state index < -0.39 is 11.4 Å². The summed E-state index contributed by atoms with van der Waals surface area (Å²) in [6, 6.07) is 1.57. The number of anilines is 1. The zero-order chi connectivity index (χ0) is 20.8. The molecule has 28 heavy (non-hydrogen) atoms. The maximum Gasteiger partial charge on any atom is 0.410 e. The predicted molar refractivity (Wildman–Crippen MR) is 112 cm³/mol. The molecule has 3 rings (SSSR count). The highest BCUT2D eigenvalue weighted by Gasteiger charge is 2.33. The quantitative estimate of drug-likeness (QED) is 0.420. The number of aromatic nitrogens is 2. The molecule has 0 N–H and O–H groups in total. The van der Waals surface area contributed by atoms with Gasteiger partial charge in [-0.25, -0.2) is 14.2 Å². The lowest BCUT2D eigenvalue weighted by Gasteiger charge is -2.28. The smallest absolute Gasteiger partial charge is 0.410 e. The molecule has 1 aliphatic heterocycles. The van der Waals surface area contributed by atoms with Gasteiger partial charge in [0.1, 0.15) is 16.9 Å². The summed E-state index contributed by atoms with van der Waals surface area (Å²) >= 11 is 15.3. The first-order valence-electron chi connectivity index (χ1n) is 8.69. The van der Waals surface area contributed by atoms with Gasteiger partial charge in [-0.05, 0) is 60.8 Å². The summed E-state index contributed by atoms with van der Waals surface area (Å²) in [6.07, 6.45) is 0.359. The first kappa shape index (κ1) is 21.3. The number of rotatable bonds is 2. The van der Waals surface area contributed by atoms with Crippen LogP contribution in [0.1, 0.15) is 27.2 Å². The maximum atomic E-state index is 14.6. The average Bonchev–Trinajstić information content (AvgIpc) is 3.08. The van der Waals surface area contributed by atoms with Gasteiger partial charge in [0, 0.05) is 31.6 Å². The van der Waals surface area contributed by atoms with Crippen molar-refractivity contribution in [3.8, 4) is 0 Å². The second-order valence-electron chi connectivity index (χ2n) is 7.68. The number of halogens is 4. The first-order chi connectivity index (χ1) is 13.0. The van der Waals surface area contributed by atoms with E-state index >= 15 is 0 Å². The molecule has 2 aromatic rings. The van der Waals surface area contributed by atoms with Crippen molar-refractivity contribution in [2.45, 2.75) is 38.8 Å². The summed E-state index contributed by atoms with van der Waals surface area (Å²) in [6.45, 7) is 6.50. The fourth-order valence-corrected chi connectivity index (χ4v) is 3.78. The molecule has 0 spiro atoms. The zero-order valence-electron chi connectivity index (χ0n) is 15.9. The summed E-state index contributed by atoms with van der Waals surface area (Å²) < 4.78 is 20.2. The van der Waals surface area contributed by atoms with Crippen molar-refractivity contribution in [3.63, 3.8) is 0 Å². The van der Waals surface area contributed by atoms with Gasteiger partial charge in [0.05, 0.1) is 9.50 Å². The number of hydrogen-bond donors (Lipinski definition) is 0. The largest absolute Gasteiger partial charge is 0.444 e. The highest BCUT2D eigenvalue weighted by atomic mass is 79.9. The van der Waals surface area contributed by atoms with E-state index in [1.54, 1.807) is 11.0 Å². The Bertz CT molecular complexity index is 938. The Hall–Kier alpha value is -1.38. The predicted octanol–water partition coefficient (Wildman–Crippen LogP) is 5.28. The van der Waals surface area contributed by atoms with Gasteiger partial charge in [0.25, 0.3) is 0 Å². The fraction of sp³-hybridized carbons (Fsp3) is 0.500. The second-order valence-corrected chi connectivity index (χ2v) is 9.22. The minimum absolute atomic E-state index is 0.0350. The number of carbonyl (C=O) groups is 1. The molecule has 1 atom stereocenters. The van der Waals surface area contributed by atoms with Crippen molar-refractivity contribution in [2.24, 2.45) is 0 Å². The normalized spacial score (nSPS) is 17.3. The molecule has 2 heterocycles. The first-order valence-corrected chi connectivity index (χ1v) is 10.2. The third kappa shape index (κ3) is 4.28. The van der Waals surface area contributed by atoms with Crippen LogP contribution in [0.25, 0.3) is 10.9 Å². The molecule has 1 fully saturated rings. The lowest BCUT2D eigenvalue weighted by molar-refractivity contribution is 0.0292. The Morgan fingerprint density at radius 1 is 1.39 bits per heavy atom. The Kier molecular flexibility index (Phi) is 5.94. The maximum absolute atomic E-state index is 14.6. The second kappa shape index (κ2) is 7.80. The molecule has 1 amide bonds. The third-order valence-electron chi connectivity index (χ3n) is 4.48. The van der Waals surface area contributed by atoms with E-state index in [0.717, 1.165) is 0 Å². The van der Waals surface area contributed by atoms with Gasteiger partial charge in [-0.15, -0.1) is 0 Å². The van der Waals surface area contributed by atoms with Gasteiger partial charge in [-0.3, -0.25) is 0 Å². The van der Waals surface area contributed by atoms with Crippen LogP contribution in [0, 0.1) is 5.82 Å². The molecule has 0 radical (unpaired) electrons. The van der Waals surface area contributed by atoms with Crippen molar-refractivity contribution < 1.29 is 13.9 Å². The highest BCUT2D eigenvalue weighted by molar-refractivity contribution is 9.10. The Morgan fingerprint density at radius 2 is 2.07 bits per heavy atom. The molecular formula is C18H20BrCl2FN4O2. The lowest BCUT2D eigenvalue weighted by Crippen LogP contribution is -2.39. The minimum atomic E-state index is -0.594. The Morgan fingerprint density at radius 3 is 2.71 bits per heavy atom. The van der Waals surface area contributed by atoms with E-state index in [0.29, 0.717) is 30.7 Å². The molecule has 0 saturated carbocycles. The van der Waals surface area contributed by atoms with E-state index in [4.69, 9.17) is 27.9 Å². The van der Waals surface area contributed by atoms with Gasteiger partial charge >= 0.3 is 6.09 Å². The van der Waals surface area contributed by atoms with Gasteiger partial charge in [-0.1, -0.05) is 11.6 Å². The lowest BCUT2D eigenvalue weighted by atomic mass is 10.2. The number of fused-ring (bicyclic) bond motifs is 1. The van der Waals surface area contributed by atoms with Crippen LogP contribution in [-0.2, 0) is 4.74 Å². The number of likely N-dealkylation sites (tertiary alicyclic amines) is 1. The number of hydrogen-bond acceptors (Lipinski definition) is 5.